The van der Waals surface area contributed by atoms with Crippen LogP contribution in [-0.2, 0) is 4.79 Å². The van der Waals surface area contributed by atoms with Gasteiger partial charge < -0.3 is 10.2 Å². The fourth-order valence-electron chi connectivity index (χ4n) is 2.90. The predicted molar refractivity (Wildman–Crippen MR) is 76.6 cm³/mol. The number of carbonyl (C=O) groups is 1. The summed E-state index contributed by atoms with van der Waals surface area (Å²) >= 11 is 0. The lowest BCUT2D eigenvalue weighted by molar-refractivity contribution is -0.132. The fourth-order valence-corrected chi connectivity index (χ4v) is 2.90. The van der Waals surface area contributed by atoms with Gasteiger partial charge in [-0.25, -0.2) is 0 Å². The predicted octanol–water partition coefficient (Wildman–Crippen LogP) is 2.05. The zero-order valence-corrected chi connectivity index (χ0v) is 11.1. The first-order valence-corrected chi connectivity index (χ1v) is 7.11. The molecular weight excluding hydrogens is 236 g/mol. The first-order chi connectivity index (χ1) is 9.34. The molecule has 0 aliphatic carbocycles. The van der Waals surface area contributed by atoms with Crippen molar-refractivity contribution >= 4 is 11.5 Å². The Morgan fingerprint density at radius 1 is 1.26 bits per heavy atom. The molecule has 0 unspecified atom stereocenters. The van der Waals surface area contributed by atoms with Crippen LogP contribution in [0, 0.1) is 0 Å². The molecule has 0 saturated carbocycles. The van der Waals surface area contributed by atoms with Gasteiger partial charge in [0.05, 0.1) is 6.04 Å². The van der Waals surface area contributed by atoms with Crippen LogP contribution in [0.1, 0.15) is 24.8 Å². The van der Waals surface area contributed by atoms with Gasteiger partial charge in [0.1, 0.15) is 0 Å². The minimum absolute atomic E-state index is 0.0617. The highest BCUT2D eigenvalue weighted by Crippen LogP contribution is 2.22. The zero-order chi connectivity index (χ0) is 13.1. The quantitative estimate of drug-likeness (QED) is 0.878. The Labute approximate surface area is 114 Å². The van der Waals surface area contributed by atoms with Crippen molar-refractivity contribution in [2.45, 2.75) is 25.3 Å². The molecule has 1 atom stereocenters. The minimum Gasteiger partial charge on any atom is -0.337 e. The molecule has 1 aromatic carbocycles. The number of hydrogen-bond acceptors (Lipinski definition) is 2. The maximum absolute atomic E-state index is 12.3. The third kappa shape index (κ3) is 2.71. The Morgan fingerprint density at radius 3 is 2.74 bits per heavy atom. The van der Waals surface area contributed by atoms with Crippen molar-refractivity contribution in [3.63, 3.8) is 0 Å². The maximum Gasteiger partial charge on any atom is 0.239 e. The van der Waals surface area contributed by atoms with Gasteiger partial charge in [-0.1, -0.05) is 36.4 Å². The Morgan fingerprint density at radius 2 is 2.11 bits per heavy atom. The van der Waals surface area contributed by atoms with Crippen LogP contribution in [0.25, 0.3) is 5.57 Å². The monoisotopic (exact) mass is 256 g/mol. The summed E-state index contributed by atoms with van der Waals surface area (Å²) < 4.78 is 0. The van der Waals surface area contributed by atoms with Crippen molar-refractivity contribution < 1.29 is 4.79 Å². The van der Waals surface area contributed by atoms with Gasteiger partial charge in [0.15, 0.2) is 0 Å². The highest BCUT2D eigenvalue weighted by molar-refractivity contribution is 5.83. The Bertz CT molecular complexity index is 475. The molecule has 19 heavy (non-hydrogen) atoms. The fraction of sp³-hybridized carbons (Fsp3) is 0.438. The molecule has 3 nitrogen and oxygen atoms in total. The summed E-state index contributed by atoms with van der Waals surface area (Å²) in [6, 6.07) is 10.5. The van der Waals surface area contributed by atoms with E-state index in [1.165, 1.54) is 11.1 Å². The normalized spacial score (nSPS) is 23.3. The topological polar surface area (TPSA) is 32.3 Å². The van der Waals surface area contributed by atoms with E-state index in [-0.39, 0.29) is 11.9 Å². The van der Waals surface area contributed by atoms with Crippen LogP contribution in [0.15, 0.2) is 36.4 Å². The molecule has 3 heteroatoms. The average Bonchev–Trinajstić information content (AvgIpc) is 3.02. The van der Waals surface area contributed by atoms with E-state index in [0.717, 1.165) is 38.9 Å². The summed E-state index contributed by atoms with van der Waals surface area (Å²) in [4.78, 5) is 14.3. The minimum atomic E-state index is 0.0617. The molecule has 2 aliphatic rings. The molecule has 1 amide bonds. The highest BCUT2D eigenvalue weighted by atomic mass is 16.2. The number of amides is 1. The molecule has 1 N–H and O–H groups in total. The smallest absolute Gasteiger partial charge is 0.239 e. The summed E-state index contributed by atoms with van der Waals surface area (Å²) in [5.41, 5.74) is 2.65. The van der Waals surface area contributed by atoms with Gasteiger partial charge in [0.2, 0.25) is 5.91 Å². The summed E-state index contributed by atoms with van der Waals surface area (Å²) in [7, 11) is 0. The molecule has 2 heterocycles. The number of nitrogens with zero attached hydrogens (tertiary/aromatic N) is 1. The lowest BCUT2D eigenvalue weighted by atomic mass is 9.99. The van der Waals surface area contributed by atoms with E-state index in [1.54, 1.807) is 0 Å². The van der Waals surface area contributed by atoms with Crippen LogP contribution in [0.2, 0.25) is 0 Å². The van der Waals surface area contributed by atoms with E-state index in [2.05, 4.69) is 35.7 Å². The number of carbonyl (C=O) groups excluding carboxylic acids is 1. The van der Waals surface area contributed by atoms with Gasteiger partial charge in [0, 0.05) is 13.1 Å². The first-order valence-electron chi connectivity index (χ1n) is 7.11. The highest BCUT2D eigenvalue weighted by Gasteiger charge is 2.27. The lowest BCUT2D eigenvalue weighted by Gasteiger charge is -2.29. The summed E-state index contributed by atoms with van der Waals surface area (Å²) in [5, 5.41) is 3.28. The van der Waals surface area contributed by atoms with Crippen LogP contribution in [0.5, 0.6) is 0 Å². The molecule has 3 rings (SSSR count). The summed E-state index contributed by atoms with van der Waals surface area (Å²) in [6.07, 6.45) is 5.27. The summed E-state index contributed by atoms with van der Waals surface area (Å²) in [6.45, 7) is 2.58. The second kappa shape index (κ2) is 5.57. The molecule has 0 radical (unpaired) electrons. The maximum atomic E-state index is 12.3. The first kappa shape index (κ1) is 12.4. The van der Waals surface area contributed by atoms with Crippen molar-refractivity contribution in [3.05, 3.63) is 42.0 Å². The molecular formula is C16H20N2O. The Kier molecular flexibility index (Phi) is 3.65. The third-order valence-electron chi connectivity index (χ3n) is 4.02. The van der Waals surface area contributed by atoms with Gasteiger partial charge in [-0.2, -0.15) is 0 Å². The van der Waals surface area contributed by atoms with Gasteiger partial charge in [-0.15, -0.1) is 0 Å². The van der Waals surface area contributed by atoms with Crippen molar-refractivity contribution in [3.8, 4) is 0 Å². The van der Waals surface area contributed by atoms with Crippen LogP contribution < -0.4 is 5.32 Å². The zero-order valence-electron chi connectivity index (χ0n) is 11.1. The van der Waals surface area contributed by atoms with Crippen LogP contribution in [0.4, 0.5) is 0 Å². The van der Waals surface area contributed by atoms with Crippen molar-refractivity contribution in [2.24, 2.45) is 0 Å². The SMILES string of the molecule is O=C([C@H]1CCCN1)N1CC=C(c2ccccc2)CC1. The Balaban J connectivity index is 1.65. The third-order valence-corrected chi connectivity index (χ3v) is 4.02. The van der Waals surface area contributed by atoms with Gasteiger partial charge >= 0.3 is 0 Å². The largest absolute Gasteiger partial charge is 0.337 e. The summed E-state index contributed by atoms with van der Waals surface area (Å²) in [5.74, 6) is 0.279. The van der Waals surface area contributed by atoms with Crippen molar-refractivity contribution in [2.75, 3.05) is 19.6 Å². The van der Waals surface area contributed by atoms with Crippen LogP contribution in [-0.4, -0.2) is 36.5 Å². The molecule has 1 saturated heterocycles. The van der Waals surface area contributed by atoms with E-state index < -0.39 is 0 Å². The molecule has 0 aromatic heterocycles. The van der Waals surface area contributed by atoms with Gasteiger partial charge in [-0.05, 0) is 36.9 Å². The Hall–Kier alpha value is -1.61. The van der Waals surface area contributed by atoms with E-state index in [4.69, 9.17) is 0 Å². The molecule has 2 aliphatic heterocycles. The second-order valence-corrected chi connectivity index (χ2v) is 5.28. The van der Waals surface area contributed by atoms with E-state index in [0.29, 0.717) is 0 Å². The van der Waals surface area contributed by atoms with E-state index in [9.17, 15) is 4.79 Å². The second-order valence-electron chi connectivity index (χ2n) is 5.28. The molecule has 1 aromatic rings. The number of benzene rings is 1. The lowest BCUT2D eigenvalue weighted by Crippen LogP contribution is -2.45. The number of hydrogen-bond donors (Lipinski definition) is 1. The average molecular weight is 256 g/mol. The van der Waals surface area contributed by atoms with Crippen molar-refractivity contribution in [1.29, 1.82) is 0 Å². The van der Waals surface area contributed by atoms with Crippen LogP contribution >= 0.6 is 0 Å². The van der Waals surface area contributed by atoms with Crippen molar-refractivity contribution in [1.82, 2.24) is 10.2 Å². The number of nitrogens with one attached hydrogen (secondary N) is 1. The van der Waals surface area contributed by atoms with Crippen LogP contribution in [0.3, 0.4) is 0 Å². The molecule has 1 fully saturated rings. The van der Waals surface area contributed by atoms with E-state index >= 15 is 0 Å². The molecule has 0 bridgehead atoms. The van der Waals surface area contributed by atoms with Gasteiger partial charge in [-0.3, -0.25) is 4.79 Å². The molecule has 0 spiro atoms. The number of rotatable bonds is 2. The standard InChI is InChI=1S/C16H20N2O/c19-16(15-7-4-10-17-15)18-11-8-14(9-12-18)13-5-2-1-3-6-13/h1-3,5-6,8,15,17H,4,7,9-12H2/t15-/m1/s1. The van der Waals surface area contributed by atoms with Gasteiger partial charge in [0.25, 0.3) is 0 Å². The van der Waals surface area contributed by atoms with E-state index in [1.807, 2.05) is 11.0 Å². The molecule has 100 valence electrons.